The first kappa shape index (κ1) is 14.7. The van der Waals surface area contributed by atoms with Crippen LogP contribution in [-0.2, 0) is 0 Å². The smallest absolute Gasteiger partial charge is 0.287 e. The van der Waals surface area contributed by atoms with E-state index in [2.05, 4.69) is 5.32 Å². The van der Waals surface area contributed by atoms with E-state index < -0.39 is 0 Å². The fourth-order valence-corrected chi connectivity index (χ4v) is 2.30. The topological polar surface area (TPSA) is 62.5 Å². The SMILES string of the molecule is CSc1ccc(C(=O)NC(CCO)c2ccccc2)o1. The van der Waals surface area contributed by atoms with Crippen molar-refractivity contribution in [1.29, 1.82) is 0 Å². The van der Waals surface area contributed by atoms with Gasteiger partial charge in [0.2, 0.25) is 0 Å². The first-order chi connectivity index (χ1) is 9.74. The average Bonchev–Trinajstić information content (AvgIpc) is 2.97. The molecule has 0 fully saturated rings. The van der Waals surface area contributed by atoms with Crippen molar-refractivity contribution in [2.45, 2.75) is 17.6 Å². The van der Waals surface area contributed by atoms with Crippen LogP contribution in [-0.4, -0.2) is 23.9 Å². The fourth-order valence-electron chi connectivity index (χ4n) is 1.92. The summed E-state index contributed by atoms with van der Waals surface area (Å²) in [6.07, 6.45) is 2.35. The number of nitrogens with one attached hydrogen (secondary N) is 1. The van der Waals surface area contributed by atoms with Crippen LogP contribution in [0.25, 0.3) is 0 Å². The number of rotatable bonds is 6. The first-order valence-corrected chi connectivity index (χ1v) is 7.57. The number of amides is 1. The van der Waals surface area contributed by atoms with E-state index in [4.69, 9.17) is 9.52 Å². The van der Waals surface area contributed by atoms with Gasteiger partial charge in [0, 0.05) is 6.61 Å². The minimum atomic E-state index is -0.271. The van der Waals surface area contributed by atoms with E-state index in [0.29, 0.717) is 11.5 Å². The Morgan fingerprint density at radius 1 is 1.30 bits per heavy atom. The van der Waals surface area contributed by atoms with Crippen LogP contribution in [0, 0.1) is 0 Å². The molecule has 4 nitrogen and oxygen atoms in total. The van der Waals surface area contributed by atoms with E-state index in [0.717, 1.165) is 5.56 Å². The highest BCUT2D eigenvalue weighted by Gasteiger charge is 2.17. The lowest BCUT2D eigenvalue weighted by molar-refractivity contribution is 0.0897. The number of aliphatic hydroxyl groups is 1. The maximum Gasteiger partial charge on any atom is 0.287 e. The monoisotopic (exact) mass is 291 g/mol. The van der Waals surface area contributed by atoms with E-state index in [9.17, 15) is 4.79 Å². The molecule has 0 aliphatic rings. The summed E-state index contributed by atoms with van der Waals surface area (Å²) in [6, 6.07) is 12.8. The van der Waals surface area contributed by atoms with Crippen LogP contribution in [0.1, 0.15) is 28.6 Å². The highest BCUT2D eigenvalue weighted by molar-refractivity contribution is 7.98. The van der Waals surface area contributed by atoms with Gasteiger partial charge in [0.25, 0.3) is 5.91 Å². The first-order valence-electron chi connectivity index (χ1n) is 6.35. The van der Waals surface area contributed by atoms with Gasteiger partial charge < -0.3 is 14.8 Å². The van der Waals surface area contributed by atoms with E-state index in [-0.39, 0.29) is 24.3 Å². The van der Waals surface area contributed by atoms with Gasteiger partial charge in [0.05, 0.1) is 6.04 Å². The van der Waals surface area contributed by atoms with E-state index in [1.165, 1.54) is 11.8 Å². The van der Waals surface area contributed by atoms with Crippen molar-refractivity contribution < 1.29 is 14.3 Å². The normalized spacial score (nSPS) is 12.1. The molecule has 1 atom stereocenters. The van der Waals surface area contributed by atoms with E-state index >= 15 is 0 Å². The zero-order chi connectivity index (χ0) is 14.4. The molecule has 0 bridgehead atoms. The van der Waals surface area contributed by atoms with E-state index in [1.807, 2.05) is 36.6 Å². The lowest BCUT2D eigenvalue weighted by Gasteiger charge is -2.17. The van der Waals surface area contributed by atoms with Gasteiger partial charge in [-0.25, -0.2) is 0 Å². The summed E-state index contributed by atoms with van der Waals surface area (Å²) in [6.45, 7) is 0.00799. The molecule has 0 radical (unpaired) electrons. The van der Waals surface area contributed by atoms with Gasteiger partial charge in [0.1, 0.15) is 0 Å². The van der Waals surface area contributed by atoms with Crippen molar-refractivity contribution >= 4 is 17.7 Å². The Morgan fingerprint density at radius 2 is 2.05 bits per heavy atom. The molecule has 0 aliphatic carbocycles. The molecule has 1 heterocycles. The molecule has 1 aromatic carbocycles. The van der Waals surface area contributed by atoms with Gasteiger partial charge in [-0.2, -0.15) is 0 Å². The largest absolute Gasteiger partial charge is 0.445 e. The standard InChI is InChI=1S/C15H17NO3S/c1-20-14-8-7-13(19-14)15(18)16-12(9-10-17)11-5-3-2-4-6-11/h2-8,12,17H,9-10H2,1H3,(H,16,18). The molecule has 1 amide bonds. The Balaban J connectivity index is 2.10. The van der Waals surface area contributed by atoms with Crippen molar-refractivity contribution in [3.63, 3.8) is 0 Å². The van der Waals surface area contributed by atoms with Crippen LogP contribution in [0.5, 0.6) is 0 Å². The molecule has 0 saturated heterocycles. The minimum Gasteiger partial charge on any atom is -0.445 e. The maximum atomic E-state index is 12.1. The number of benzene rings is 1. The number of thioether (sulfide) groups is 1. The van der Waals surface area contributed by atoms with Crippen molar-refractivity contribution in [2.75, 3.05) is 12.9 Å². The highest BCUT2D eigenvalue weighted by atomic mass is 32.2. The van der Waals surface area contributed by atoms with Crippen LogP contribution in [0.15, 0.2) is 52.0 Å². The van der Waals surface area contributed by atoms with Crippen molar-refractivity contribution in [2.24, 2.45) is 0 Å². The fraction of sp³-hybridized carbons (Fsp3) is 0.267. The van der Waals surface area contributed by atoms with Crippen LogP contribution < -0.4 is 5.32 Å². The lowest BCUT2D eigenvalue weighted by Crippen LogP contribution is -2.28. The summed E-state index contributed by atoms with van der Waals surface area (Å²) in [4.78, 5) is 12.1. The molecule has 1 unspecified atom stereocenters. The molecule has 20 heavy (non-hydrogen) atoms. The Labute approximate surface area is 122 Å². The van der Waals surface area contributed by atoms with Crippen LogP contribution in [0.4, 0.5) is 0 Å². The molecule has 2 N–H and O–H groups in total. The summed E-state index contributed by atoms with van der Waals surface area (Å²) in [5, 5.41) is 12.7. The molecule has 2 rings (SSSR count). The Bertz CT molecular complexity index is 553. The molecule has 1 aromatic heterocycles. The molecule has 0 aliphatic heterocycles. The third-order valence-electron chi connectivity index (χ3n) is 2.93. The molecular weight excluding hydrogens is 274 g/mol. The van der Waals surface area contributed by atoms with Crippen molar-refractivity contribution in [3.05, 3.63) is 53.8 Å². The molecule has 0 saturated carbocycles. The molecule has 2 aromatic rings. The summed E-state index contributed by atoms with van der Waals surface area (Å²) < 4.78 is 5.40. The Morgan fingerprint density at radius 3 is 2.65 bits per heavy atom. The van der Waals surface area contributed by atoms with Gasteiger partial charge >= 0.3 is 0 Å². The van der Waals surface area contributed by atoms with Gasteiger partial charge in [-0.15, -0.1) is 0 Å². The van der Waals surface area contributed by atoms with Gasteiger partial charge in [-0.1, -0.05) is 42.1 Å². The second-order valence-electron chi connectivity index (χ2n) is 4.27. The third-order valence-corrected chi connectivity index (χ3v) is 3.55. The zero-order valence-electron chi connectivity index (χ0n) is 11.2. The highest BCUT2D eigenvalue weighted by Crippen LogP contribution is 2.20. The van der Waals surface area contributed by atoms with Crippen molar-refractivity contribution in [3.8, 4) is 0 Å². The molecule has 106 valence electrons. The number of hydrogen-bond donors (Lipinski definition) is 2. The summed E-state index contributed by atoms with van der Waals surface area (Å²) in [5.74, 6) is 0.0147. The van der Waals surface area contributed by atoms with Crippen molar-refractivity contribution in [1.82, 2.24) is 5.32 Å². The van der Waals surface area contributed by atoms with Crippen LogP contribution in [0.3, 0.4) is 0 Å². The predicted molar refractivity (Wildman–Crippen MR) is 78.8 cm³/mol. The third kappa shape index (κ3) is 3.65. The number of carbonyl (C=O) groups is 1. The average molecular weight is 291 g/mol. The van der Waals surface area contributed by atoms with Crippen LogP contribution in [0.2, 0.25) is 0 Å². The number of aliphatic hydroxyl groups excluding tert-OH is 1. The molecule has 5 heteroatoms. The zero-order valence-corrected chi connectivity index (χ0v) is 12.0. The summed E-state index contributed by atoms with van der Waals surface area (Å²) in [7, 11) is 0. The molecular formula is C15H17NO3S. The number of hydrogen-bond acceptors (Lipinski definition) is 4. The van der Waals surface area contributed by atoms with Crippen LogP contribution >= 0.6 is 11.8 Å². The quantitative estimate of drug-likeness (QED) is 0.803. The number of carbonyl (C=O) groups excluding carboxylic acids is 1. The Kier molecular flexibility index (Phi) is 5.26. The predicted octanol–water partition coefficient (Wildman–Crippen LogP) is 2.86. The second-order valence-corrected chi connectivity index (χ2v) is 5.08. The second kappa shape index (κ2) is 7.17. The molecule has 0 spiro atoms. The summed E-state index contributed by atoms with van der Waals surface area (Å²) in [5.41, 5.74) is 0.964. The van der Waals surface area contributed by atoms with Gasteiger partial charge in [-0.05, 0) is 30.4 Å². The van der Waals surface area contributed by atoms with Gasteiger partial charge in [0.15, 0.2) is 10.9 Å². The minimum absolute atomic E-state index is 0.00799. The number of furan rings is 1. The lowest BCUT2D eigenvalue weighted by atomic mass is 10.0. The van der Waals surface area contributed by atoms with Gasteiger partial charge in [-0.3, -0.25) is 4.79 Å². The maximum absolute atomic E-state index is 12.1. The Hall–Kier alpha value is -1.72. The van der Waals surface area contributed by atoms with E-state index in [1.54, 1.807) is 12.1 Å². The summed E-state index contributed by atoms with van der Waals surface area (Å²) >= 11 is 1.45.